The van der Waals surface area contributed by atoms with Crippen LogP contribution in [0.3, 0.4) is 0 Å². The minimum absolute atomic E-state index is 0.00538. The summed E-state index contributed by atoms with van der Waals surface area (Å²) in [6.45, 7) is 1.99. The molecule has 0 saturated heterocycles. The molecule has 0 spiro atoms. The van der Waals surface area contributed by atoms with Crippen molar-refractivity contribution >= 4 is 10.9 Å². The predicted octanol–water partition coefficient (Wildman–Crippen LogP) is 2.14. The van der Waals surface area contributed by atoms with Gasteiger partial charge in [-0.3, -0.25) is 4.98 Å². The summed E-state index contributed by atoms with van der Waals surface area (Å²) in [5.41, 5.74) is 8.35. The summed E-state index contributed by atoms with van der Waals surface area (Å²) >= 11 is 0. The van der Waals surface area contributed by atoms with Gasteiger partial charge in [-0.25, -0.2) is 0 Å². The van der Waals surface area contributed by atoms with E-state index >= 15 is 0 Å². The second-order valence-corrected chi connectivity index (χ2v) is 4.30. The van der Waals surface area contributed by atoms with Crippen molar-refractivity contribution in [2.75, 3.05) is 7.11 Å². The number of hydrogen-bond donors (Lipinski definition) is 1. The molecule has 0 fully saturated rings. The lowest BCUT2D eigenvalue weighted by molar-refractivity contribution is 0.0957. The third kappa shape index (κ3) is 2.62. The van der Waals surface area contributed by atoms with Gasteiger partial charge in [-0.1, -0.05) is 18.2 Å². The van der Waals surface area contributed by atoms with Crippen molar-refractivity contribution in [3.8, 4) is 0 Å². The Kier molecular flexibility index (Phi) is 3.71. The van der Waals surface area contributed by atoms with E-state index in [1.807, 2.05) is 37.4 Å². The van der Waals surface area contributed by atoms with Gasteiger partial charge in [-0.05, 0) is 31.0 Å². The van der Waals surface area contributed by atoms with Crippen molar-refractivity contribution in [2.24, 2.45) is 5.73 Å². The van der Waals surface area contributed by atoms with Crippen molar-refractivity contribution in [3.05, 3.63) is 42.1 Å². The normalized spacial score (nSPS) is 14.8. The average molecular weight is 230 g/mol. The fraction of sp³-hybridized carbons (Fsp3) is 0.357. The zero-order valence-corrected chi connectivity index (χ0v) is 10.3. The van der Waals surface area contributed by atoms with E-state index in [1.54, 1.807) is 7.11 Å². The largest absolute Gasteiger partial charge is 0.380 e. The smallest absolute Gasteiger partial charge is 0.0704 e. The Bertz CT molecular complexity index is 493. The van der Waals surface area contributed by atoms with Crippen LogP contribution in [0.1, 0.15) is 12.5 Å². The van der Waals surface area contributed by atoms with E-state index in [-0.39, 0.29) is 12.1 Å². The van der Waals surface area contributed by atoms with Gasteiger partial charge in [0.05, 0.1) is 11.6 Å². The molecule has 2 aromatic rings. The molecule has 2 N–H and O–H groups in total. The first-order chi connectivity index (χ1) is 8.22. The van der Waals surface area contributed by atoms with Crippen LogP contribution in [0.25, 0.3) is 10.9 Å². The van der Waals surface area contributed by atoms with Gasteiger partial charge in [0.25, 0.3) is 0 Å². The van der Waals surface area contributed by atoms with Crippen molar-refractivity contribution in [3.63, 3.8) is 0 Å². The number of benzene rings is 1. The van der Waals surface area contributed by atoms with Crippen LogP contribution >= 0.6 is 0 Å². The van der Waals surface area contributed by atoms with Crippen LogP contribution in [-0.4, -0.2) is 24.2 Å². The number of ether oxygens (including phenoxy) is 1. The number of fused-ring (bicyclic) bond motifs is 1. The number of methoxy groups -OCH3 is 1. The van der Waals surface area contributed by atoms with Crippen molar-refractivity contribution in [1.82, 2.24) is 4.98 Å². The first kappa shape index (κ1) is 12.0. The Labute approximate surface area is 102 Å². The summed E-state index contributed by atoms with van der Waals surface area (Å²) < 4.78 is 5.26. The third-order valence-electron chi connectivity index (χ3n) is 3.17. The van der Waals surface area contributed by atoms with Gasteiger partial charge in [0.15, 0.2) is 0 Å². The first-order valence-corrected chi connectivity index (χ1v) is 5.83. The second kappa shape index (κ2) is 5.25. The predicted molar refractivity (Wildman–Crippen MR) is 69.9 cm³/mol. The monoisotopic (exact) mass is 230 g/mol. The quantitative estimate of drug-likeness (QED) is 0.875. The molecule has 0 aliphatic rings. The highest BCUT2D eigenvalue weighted by Crippen LogP contribution is 2.18. The Hall–Kier alpha value is -1.45. The van der Waals surface area contributed by atoms with Crippen LogP contribution < -0.4 is 5.73 Å². The number of pyridine rings is 1. The van der Waals surface area contributed by atoms with Gasteiger partial charge in [-0.15, -0.1) is 0 Å². The number of para-hydroxylation sites is 1. The Morgan fingerprint density at radius 1 is 1.29 bits per heavy atom. The molecular weight excluding hydrogens is 212 g/mol. The molecule has 17 heavy (non-hydrogen) atoms. The van der Waals surface area contributed by atoms with Crippen LogP contribution in [0.2, 0.25) is 0 Å². The first-order valence-electron chi connectivity index (χ1n) is 5.83. The maximum atomic E-state index is 6.11. The van der Waals surface area contributed by atoms with Gasteiger partial charge >= 0.3 is 0 Å². The molecule has 90 valence electrons. The molecular formula is C14H18N2O. The Morgan fingerprint density at radius 3 is 2.82 bits per heavy atom. The molecule has 2 rings (SSSR count). The van der Waals surface area contributed by atoms with E-state index in [0.717, 1.165) is 11.9 Å². The lowest BCUT2D eigenvalue weighted by Gasteiger charge is -2.19. The molecule has 1 heterocycles. The summed E-state index contributed by atoms with van der Waals surface area (Å²) in [6.07, 6.45) is 2.70. The van der Waals surface area contributed by atoms with E-state index in [4.69, 9.17) is 10.5 Å². The SMILES string of the molecule is COC(C)C(N)Cc1ccnc2ccccc12. The number of nitrogens with zero attached hydrogens (tertiary/aromatic N) is 1. The van der Waals surface area contributed by atoms with Crippen molar-refractivity contribution < 1.29 is 4.74 Å². The lowest BCUT2D eigenvalue weighted by atomic mass is 10.00. The van der Waals surface area contributed by atoms with Gasteiger partial charge in [0.1, 0.15) is 0 Å². The van der Waals surface area contributed by atoms with Crippen molar-refractivity contribution in [2.45, 2.75) is 25.5 Å². The Balaban J connectivity index is 2.30. The maximum Gasteiger partial charge on any atom is 0.0704 e. The fourth-order valence-electron chi connectivity index (χ4n) is 1.93. The van der Waals surface area contributed by atoms with Gasteiger partial charge in [-0.2, -0.15) is 0 Å². The van der Waals surface area contributed by atoms with E-state index in [2.05, 4.69) is 11.1 Å². The van der Waals surface area contributed by atoms with Gasteiger partial charge in [0, 0.05) is 24.7 Å². The number of nitrogens with two attached hydrogens (primary N) is 1. The van der Waals surface area contributed by atoms with Gasteiger partial charge in [0.2, 0.25) is 0 Å². The van der Waals surface area contributed by atoms with Gasteiger partial charge < -0.3 is 10.5 Å². The molecule has 3 heteroatoms. The van der Waals surface area contributed by atoms with E-state index in [1.165, 1.54) is 10.9 Å². The molecule has 0 bridgehead atoms. The Morgan fingerprint density at radius 2 is 2.06 bits per heavy atom. The molecule has 0 radical (unpaired) electrons. The highest BCUT2D eigenvalue weighted by molar-refractivity contribution is 5.81. The number of rotatable bonds is 4. The molecule has 1 aromatic carbocycles. The summed E-state index contributed by atoms with van der Waals surface area (Å²) in [6, 6.07) is 10.2. The highest BCUT2D eigenvalue weighted by Gasteiger charge is 2.13. The molecule has 0 aliphatic carbocycles. The molecule has 2 atom stereocenters. The number of hydrogen-bond acceptors (Lipinski definition) is 3. The van der Waals surface area contributed by atoms with Crippen LogP contribution in [0, 0.1) is 0 Å². The van der Waals surface area contributed by atoms with Crippen molar-refractivity contribution in [1.29, 1.82) is 0 Å². The lowest BCUT2D eigenvalue weighted by Crippen LogP contribution is -2.35. The van der Waals surface area contributed by atoms with E-state index in [0.29, 0.717) is 0 Å². The minimum atomic E-state index is 0.00538. The molecule has 3 nitrogen and oxygen atoms in total. The standard InChI is InChI=1S/C14H18N2O/c1-10(17-2)13(15)9-11-7-8-16-14-6-4-3-5-12(11)14/h3-8,10,13H,9,15H2,1-2H3. The van der Waals surface area contributed by atoms with E-state index in [9.17, 15) is 0 Å². The fourth-order valence-corrected chi connectivity index (χ4v) is 1.93. The minimum Gasteiger partial charge on any atom is -0.380 e. The molecule has 1 aromatic heterocycles. The topological polar surface area (TPSA) is 48.1 Å². The second-order valence-electron chi connectivity index (χ2n) is 4.30. The van der Waals surface area contributed by atoms with Crippen LogP contribution in [0.4, 0.5) is 0 Å². The summed E-state index contributed by atoms with van der Waals surface area (Å²) in [5, 5.41) is 1.17. The van der Waals surface area contributed by atoms with Crippen LogP contribution in [0.15, 0.2) is 36.5 Å². The van der Waals surface area contributed by atoms with Crippen LogP contribution in [0.5, 0.6) is 0 Å². The zero-order valence-electron chi connectivity index (χ0n) is 10.3. The maximum absolute atomic E-state index is 6.11. The summed E-state index contributed by atoms with van der Waals surface area (Å²) in [7, 11) is 1.69. The third-order valence-corrected chi connectivity index (χ3v) is 3.17. The number of aromatic nitrogens is 1. The zero-order chi connectivity index (χ0) is 12.3. The average Bonchev–Trinajstić information content (AvgIpc) is 2.38. The molecule has 2 unspecified atom stereocenters. The summed E-state index contributed by atoms with van der Waals surface area (Å²) in [4.78, 5) is 4.34. The molecule has 0 aliphatic heterocycles. The van der Waals surface area contributed by atoms with Crippen LogP contribution in [-0.2, 0) is 11.2 Å². The summed E-state index contributed by atoms with van der Waals surface area (Å²) in [5.74, 6) is 0. The molecule has 0 saturated carbocycles. The van der Waals surface area contributed by atoms with E-state index < -0.39 is 0 Å². The molecule has 0 amide bonds. The highest BCUT2D eigenvalue weighted by atomic mass is 16.5.